The number of H-pyrrole nitrogens is 1. The molecule has 0 bridgehead atoms. The first-order valence-electron chi connectivity index (χ1n) is 5.39. The molecular weight excluding hydrogens is 266 g/mol. The molecule has 16 heavy (non-hydrogen) atoms. The summed E-state index contributed by atoms with van der Waals surface area (Å²) in [4.78, 5) is 0. The number of hydrogen-bond acceptors (Lipinski definition) is 2. The van der Waals surface area contributed by atoms with Gasteiger partial charge in [0.15, 0.2) is 0 Å². The summed E-state index contributed by atoms with van der Waals surface area (Å²) in [6.45, 7) is 0. The smallest absolute Gasteiger partial charge is 0.148 e. The minimum absolute atomic E-state index is 0.638. The third-order valence-corrected chi connectivity index (χ3v) is 3.14. The molecule has 3 rings (SSSR count). The lowest BCUT2D eigenvalue weighted by atomic mass is 10.1. The van der Waals surface area contributed by atoms with Crippen molar-refractivity contribution in [2.24, 2.45) is 0 Å². The number of halogens is 1. The minimum Gasteiger partial charge on any atom is -0.366 e. The quantitative estimate of drug-likeness (QED) is 0.903. The molecule has 3 nitrogen and oxygen atoms in total. The van der Waals surface area contributed by atoms with Gasteiger partial charge in [-0.1, -0.05) is 28.1 Å². The number of anilines is 1. The number of benzene rings is 1. The number of rotatable bonds is 3. The number of aromatic nitrogens is 2. The van der Waals surface area contributed by atoms with Crippen molar-refractivity contribution < 1.29 is 0 Å². The lowest BCUT2D eigenvalue weighted by Crippen LogP contribution is -2.00. The van der Waals surface area contributed by atoms with E-state index in [2.05, 4.69) is 49.6 Å². The summed E-state index contributed by atoms with van der Waals surface area (Å²) >= 11 is 3.47. The second-order valence-corrected chi connectivity index (χ2v) is 5.01. The lowest BCUT2D eigenvalue weighted by Gasteiger charge is -1.97. The first-order chi connectivity index (χ1) is 7.81. The molecule has 0 saturated heterocycles. The summed E-state index contributed by atoms with van der Waals surface area (Å²) in [7, 11) is 0. The summed E-state index contributed by atoms with van der Waals surface area (Å²) in [6, 6.07) is 10.9. The molecule has 0 spiro atoms. The van der Waals surface area contributed by atoms with E-state index >= 15 is 0 Å². The van der Waals surface area contributed by atoms with Gasteiger partial charge in [-0.05, 0) is 25.0 Å². The highest BCUT2D eigenvalue weighted by molar-refractivity contribution is 9.10. The van der Waals surface area contributed by atoms with Crippen LogP contribution in [-0.2, 0) is 0 Å². The standard InChI is InChI=1S/C12H12BrN3/c13-9-3-1-2-8(6-9)11-7-12(16-15-11)14-10-4-5-10/h1-3,6-7,10H,4-5H2,(H2,14,15,16). The number of aromatic amines is 1. The largest absolute Gasteiger partial charge is 0.366 e. The summed E-state index contributed by atoms with van der Waals surface area (Å²) in [5.74, 6) is 0.942. The van der Waals surface area contributed by atoms with Gasteiger partial charge in [0, 0.05) is 22.1 Å². The molecule has 2 aromatic rings. The Morgan fingerprint density at radius 1 is 1.31 bits per heavy atom. The molecule has 1 fully saturated rings. The van der Waals surface area contributed by atoms with Crippen molar-refractivity contribution in [1.82, 2.24) is 10.2 Å². The number of hydrogen-bond donors (Lipinski definition) is 2. The van der Waals surface area contributed by atoms with Gasteiger partial charge in [0.1, 0.15) is 5.82 Å². The molecule has 82 valence electrons. The first-order valence-corrected chi connectivity index (χ1v) is 6.18. The molecule has 0 amide bonds. The molecule has 1 saturated carbocycles. The van der Waals surface area contributed by atoms with Crippen LogP contribution in [-0.4, -0.2) is 16.2 Å². The van der Waals surface area contributed by atoms with Crippen LogP contribution in [0.4, 0.5) is 5.82 Å². The van der Waals surface area contributed by atoms with Crippen LogP contribution in [0.2, 0.25) is 0 Å². The molecular formula is C12H12BrN3. The maximum absolute atomic E-state index is 4.25. The Hall–Kier alpha value is -1.29. The van der Waals surface area contributed by atoms with Crippen molar-refractivity contribution in [3.63, 3.8) is 0 Å². The van der Waals surface area contributed by atoms with E-state index < -0.39 is 0 Å². The van der Waals surface area contributed by atoms with Crippen molar-refractivity contribution in [1.29, 1.82) is 0 Å². The lowest BCUT2D eigenvalue weighted by molar-refractivity contribution is 1.05. The van der Waals surface area contributed by atoms with Crippen LogP contribution in [0.3, 0.4) is 0 Å². The summed E-state index contributed by atoms with van der Waals surface area (Å²) in [6.07, 6.45) is 2.53. The van der Waals surface area contributed by atoms with E-state index in [-0.39, 0.29) is 0 Å². The monoisotopic (exact) mass is 277 g/mol. The third kappa shape index (κ3) is 2.11. The molecule has 0 unspecified atom stereocenters. The van der Waals surface area contributed by atoms with Crippen LogP contribution in [0.15, 0.2) is 34.8 Å². The van der Waals surface area contributed by atoms with Gasteiger partial charge in [0.25, 0.3) is 0 Å². The highest BCUT2D eigenvalue weighted by Crippen LogP contribution is 2.27. The van der Waals surface area contributed by atoms with Gasteiger partial charge in [-0.15, -0.1) is 0 Å². The fraction of sp³-hybridized carbons (Fsp3) is 0.250. The van der Waals surface area contributed by atoms with Crippen molar-refractivity contribution in [3.05, 3.63) is 34.8 Å². The normalized spacial score (nSPS) is 15.1. The van der Waals surface area contributed by atoms with Gasteiger partial charge >= 0.3 is 0 Å². The Morgan fingerprint density at radius 3 is 2.94 bits per heavy atom. The highest BCUT2D eigenvalue weighted by atomic mass is 79.9. The Kier molecular flexibility index (Phi) is 2.44. The van der Waals surface area contributed by atoms with E-state index in [4.69, 9.17) is 0 Å². The predicted molar refractivity (Wildman–Crippen MR) is 68.4 cm³/mol. The Balaban J connectivity index is 1.85. The number of nitrogens with zero attached hydrogens (tertiary/aromatic N) is 1. The van der Waals surface area contributed by atoms with E-state index in [1.807, 2.05) is 12.1 Å². The second-order valence-electron chi connectivity index (χ2n) is 4.10. The van der Waals surface area contributed by atoms with E-state index in [1.54, 1.807) is 0 Å². The SMILES string of the molecule is Brc1cccc(-c2cc(NC3CC3)n[nH]2)c1. The zero-order valence-electron chi connectivity index (χ0n) is 8.70. The average molecular weight is 278 g/mol. The van der Waals surface area contributed by atoms with E-state index in [0.717, 1.165) is 21.5 Å². The van der Waals surface area contributed by atoms with E-state index in [0.29, 0.717) is 6.04 Å². The zero-order chi connectivity index (χ0) is 11.0. The minimum atomic E-state index is 0.638. The van der Waals surface area contributed by atoms with Gasteiger partial charge in [-0.25, -0.2) is 0 Å². The second kappa shape index (κ2) is 3.94. The van der Waals surface area contributed by atoms with Crippen LogP contribution < -0.4 is 5.32 Å². The van der Waals surface area contributed by atoms with E-state index in [9.17, 15) is 0 Å². The van der Waals surface area contributed by atoms with Gasteiger partial charge in [0.05, 0.1) is 5.69 Å². The van der Waals surface area contributed by atoms with Crippen LogP contribution in [0.5, 0.6) is 0 Å². The fourth-order valence-electron chi connectivity index (χ4n) is 1.64. The highest BCUT2D eigenvalue weighted by Gasteiger charge is 2.21. The molecule has 4 heteroatoms. The maximum Gasteiger partial charge on any atom is 0.148 e. The van der Waals surface area contributed by atoms with Gasteiger partial charge in [0.2, 0.25) is 0 Å². The Morgan fingerprint density at radius 2 is 2.19 bits per heavy atom. The van der Waals surface area contributed by atoms with Gasteiger partial charge < -0.3 is 5.32 Å². The zero-order valence-corrected chi connectivity index (χ0v) is 10.3. The maximum atomic E-state index is 4.25. The molecule has 0 aliphatic heterocycles. The molecule has 1 aromatic carbocycles. The van der Waals surface area contributed by atoms with Crippen molar-refractivity contribution in [2.75, 3.05) is 5.32 Å². The molecule has 1 aromatic heterocycles. The van der Waals surface area contributed by atoms with Crippen molar-refractivity contribution in [2.45, 2.75) is 18.9 Å². The van der Waals surface area contributed by atoms with Crippen LogP contribution >= 0.6 is 15.9 Å². The van der Waals surface area contributed by atoms with Crippen molar-refractivity contribution >= 4 is 21.7 Å². The molecule has 1 aliphatic carbocycles. The molecule has 2 N–H and O–H groups in total. The first kappa shape index (κ1) is 9.90. The topological polar surface area (TPSA) is 40.7 Å². The molecule has 0 radical (unpaired) electrons. The summed E-state index contributed by atoms with van der Waals surface area (Å²) in [5.41, 5.74) is 2.19. The van der Waals surface area contributed by atoms with Crippen LogP contribution in [0.1, 0.15) is 12.8 Å². The Labute approximate surface area is 102 Å². The summed E-state index contributed by atoms with van der Waals surface area (Å²) in [5, 5.41) is 10.7. The van der Waals surface area contributed by atoms with E-state index in [1.165, 1.54) is 12.8 Å². The summed E-state index contributed by atoms with van der Waals surface area (Å²) < 4.78 is 1.08. The molecule has 0 atom stereocenters. The molecule has 1 heterocycles. The Bertz CT molecular complexity index is 502. The molecule has 1 aliphatic rings. The third-order valence-electron chi connectivity index (χ3n) is 2.64. The van der Waals surface area contributed by atoms with Crippen LogP contribution in [0.25, 0.3) is 11.3 Å². The fourth-order valence-corrected chi connectivity index (χ4v) is 2.04. The van der Waals surface area contributed by atoms with Gasteiger partial charge in [-0.2, -0.15) is 5.10 Å². The predicted octanol–water partition coefficient (Wildman–Crippen LogP) is 3.41. The number of nitrogens with one attached hydrogen (secondary N) is 2. The van der Waals surface area contributed by atoms with Gasteiger partial charge in [-0.3, -0.25) is 5.10 Å². The van der Waals surface area contributed by atoms with Crippen LogP contribution in [0, 0.1) is 0 Å². The van der Waals surface area contributed by atoms with Crippen molar-refractivity contribution in [3.8, 4) is 11.3 Å². The average Bonchev–Trinajstić information content (AvgIpc) is 2.94.